The number of urea groups is 1. The lowest BCUT2D eigenvalue weighted by atomic mass is 10.1. The third kappa shape index (κ3) is 1.95. The van der Waals surface area contributed by atoms with Crippen molar-refractivity contribution in [1.82, 2.24) is 9.80 Å². The molecule has 0 unspecified atom stereocenters. The Labute approximate surface area is 121 Å². The Bertz CT molecular complexity index is 649. The number of hydrogen-bond donors (Lipinski definition) is 1. The highest BCUT2D eigenvalue weighted by atomic mass is 16.2. The summed E-state index contributed by atoms with van der Waals surface area (Å²) in [5, 5.41) is 2.27. The molecule has 4 amide bonds. The van der Waals surface area contributed by atoms with E-state index in [-0.39, 0.29) is 6.42 Å². The summed E-state index contributed by atoms with van der Waals surface area (Å²) in [4.78, 5) is 36.7. The van der Waals surface area contributed by atoms with Crippen LogP contribution < -0.4 is 9.80 Å². The molecule has 104 valence electrons. The van der Waals surface area contributed by atoms with Crippen molar-refractivity contribution < 1.29 is 14.4 Å². The zero-order chi connectivity index (χ0) is 14.9. The molecule has 0 atom stereocenters. The molecule has 0 aliphatic carbocycles. The Balaban J connectivity index is 2.28. The van der Waals surface area contributed by atoms with Crippen molar-refractivity contribution in [2.24, 2.45) is 0 Å². The van der Waals surface area contributed by atoms with Crippen LogP contribution in [0.1, 0.15) is 6.42 Å². The van der Waals surface area contributed by atoms with Crippen LogP contribution in [0.4, 0.5) is 16.2 Å². The van der Waals surface area contributed by atoms with Gasteiger partial charge in [0.1, 0.15) is 6.42 Å². The summed E-state index contributed by atoms with van der Waals surface area (Å²) < 4.78 is -0.618. The Kier molecular flexibility index (Phi) is 3.12. The normalized spacial score (nSPS) is 17.4. The number of carbonyl (C=O) groups is 3. The van der Waals surface area contributed by atoms with E-state index in [1.165, 1.54) is 0 Å². The minimum Gasteiger partial charge on any atom is -0.274 e. The van der Waals surface area contributed by atoms with E-state index in [0.717, 1.165) is 0 Å². The van der Waals surface area contributed by atoms with Gasteiger partial charge in [-0.15, -0.1) is 4.48 Å². The average molecular weight is 281 g/mol. The van der Waals surface area contributed by atoms with Crippen LogP contribution in [0.2, 0.25) is 0 Å². The molecule has 21 heavy (non-hydrogen) atoms. The number of rotatable bonds is 2. The van der Waals surface area contributed by atoms with Gasteiger partial charge in [-0.3, -0.25) is 4.79 Å². The molecule has 1 aliphatic rings. The van der Waals surface area contributed by atoms with E-state index in [4.69, 9.17) is 0 Å². The third-order valence-electron chi connectivity index (χ3n) is 3.52. The molecule has 0 bridgehead atoms. The Morgan fingerprint density at radius 1 is 0.762 bits per heavy atom. The van der Waals surface area contributed by atoms with E-state index in [2.05, 4.69) is 5.32 Å². The molecule has 5 nitrogen and oxygen atoms in total. The van der Waals surface area contributed by atoms with E-state index in [0.29, 0.717) is 11.4 Å². The number of carbonyl (C=O) groups excluding carboxylic acids is 3. The molecule has 0 aromatic heterocycles. The Morgan fingerprint density at radius 2 is 1.24 bits per heavy atom. The van der Waals surface area contributed by atoms with Gasteiger partial charge in [-0.25, -0.2) is 14.9 Å². The second-order valence-electron chi connectivity index (χ2n) is 4.77. The largest absolute Gasteiger partial charge is 0.441 e. The number of quaternary nitrogens is 1. The van der Waals surface area contributed by atoms with Crippen LogP contribution in [-0.4, -0.2) is 17.8 Å². The first-order valence-corrected chi connectivity index (χ1v) is 6.54. The molecule has 2 aromatic carbocycles. The summed E-state index contributed by atoms with van der Waals surface area (Å²) in [5.41, 5.74) is 1.03. The molecule has 1 aliphatic heterocycles. The van der Waals surface area contributed by atoms with Crippen molar-refractivity contribution >= 4 is 29.2 Å². The molecule has 2 aromatic rings. The fourth-order valence-electron chi connectivity index (χ4n) is 2.59. The second kappa shape index (κ2) is 4.96. The Morgan fingerprint density at radius 3 is 1.67 bits per heavy atom. The van der Waals surface area contributed by atoms with Gasteiger partial charge >= 0.3 is 11.9 Å². The maximum Gasteiger partial charge on any atom is 0.441 e. The highest BCUT2D eigenvalue weighted by Crippen LogP contribution is 2.37. The summed E-state index contributed by atoms with van der Waals surface area (Å²) >= 11 is 0. The maximum absolute atomic E-state index is 12.6. The van der Waals surface area contributed by atoms with Crippen LogP contribution in [0.25, 0.3) is 0 Å². The molecular formula is C16H13N2O3+. The van der Waals surface area contributed by atoms with Crippen molar-refractivity contribution in [1.29, 1.82) is 0 Å². The summed E-state index contributed by atoms with van der Waals surface area (Å²) in [6, 6.07) is 16.8. The number of amides is 4. The predicted molar refractivity (Wildman–Crippen MR) is 77.5 cm³/mol. The molecule has 1 heterocycles. The molecule has 5 heteroatoms. The van der Waals surface area contributed by atoms with Crippen LogP contribution in [0.15, 0.2) is 60.7 Å². The first kappa shape index (κ1) is 13.2. The van der Waals surface area contributed by atoms with Gasteiger partial charge in [0.25, 0.3) is 0 Å². The Hall–Kier alpha value is -2.79. The summed E-state index contributed by atoms with van der Waals surface area (Å²) in [6.07, 6.45) is -0.324. The number of nitrogens with zero attached hydrogens (tertiary/aromatic N) is 1. The van der Waals surface area contributed by atoms with E-state index in [1.807, 2.05) is 12.1 Å². The fraction of sp³-hybridized carbons (Fsp3) is 0.0625. The summed E-state index contributed by atoms with van der Waals surface area (Å²) in [5.74, 6) is -1.02. The lowest BCUT2D eigenvalue weighted by molar-refractivity contribution is -0.133. The molecule has 1 fully saturated rings. The van der Waals surface area contributed by atoms with Crippen LogP contribution in [0.3, 0.4) is 0 Å². The minimum absolute atomic E-state index is 0.324. The van der Waals surface area contributed by atoms with Gasteiger partial charge in [0.05, 0.1) is 0 Å². The van der Waals surface area contributed by atoms with E-state index in [1.54, 1.807) is 48.5 Å². The number of para-hydroxylation sites is 2. The first-order chi connectivity index (χ1) is 10.2. The number of nitrogens with one attached hydrogen (secondary N) is 1. The summed E-state index contributed by atoms with van der Waals surface area (Å²) in [7, 11) is 0. The molecular weight excluding hydrogens is 268 g/mol. The maximum atomic E-state index is 12.6. The predicted octanol–water partition coefficient (Wildman–Crippen LogP) is 2.49. The van der Waals surface area contributed by atoms with Gasteiger partial charge in [-0.2, -0.15) is 0 Å². The first-order valence-electron chi connectivity index (χ1n) is 6.54. The van der Waals surface area contributed by atoms with E-state index < -0.39 is 22.3 Å². The second-order valence-corrected chi connectivity index (χ2v) is 4.77. The molecule has 0 saturated carbocycles. The van der Waals surface area contributed by atoms with Crippen LogP contribution in [0.5, 0.6) is 0 Å². The number of benzene rings is 2. The average Bonchev–Trinajstić information content (AvgIpc) is 2.49. The van der Waals surface area contributed by atoms with Gasteiger partial charge in [0.2, 0.25) is 5.91 Å². The van der Waals surface area contributed by atoms with Crippen molar-refractivity contribution in [2.45, 2.75) is 6.42 Å². The van der Waals surface area contributed by atoms with Crippen molar-refractivity contribution in [3.05, 3.63) is 60.7 Å². The highest BCUT2D eigenvalue weighted by molar-refractivity contribution is 6.25. The van der Waals surface area contributed by atoms with Crippen LogP contribution >= 0.6 is 0 Å². The molecule has 0 radical (unpaired) electrons. The fourth-order valence-corrected chi connectivity index (χ4v) is 2.59. The molecule has 3 rings (SSSR count). The van der Waals surface area contributed by atoms with Crippen LogP contribution in [0, 0.1) is 0 Å². The topological polar surface area (TPSA) is 63.2 Å². The van der Waals surface area contributed by atoms with Gasteiger partial charge in [0.15, 0.2) is 11.4 Å². The molecule has 1 saturated heterocycles. The molecule has 1 N–H and O–H groups in total. The number of imide groups is 2. The van der Waals surface area contributed by atoms with E-state index >= 15 is 0 Å². The zero-order valence-corrected chi connectivity index (χ0v) is 11.2. The summed E-state index contributed by atoms with van der Waals surface area (Å²) in [6.45, 7) is 0. The van der Waals surface area contributed by atoms with Crippen LogP contribution in [-0.2, 0) is 9.59 Å². The third-order valence-corrected chi connectivity index (χ3v) is 3.52. The molecule has 0 spiro atoms. The van der Waals surface area contributed by atoms with Gasteiger partial charge < -0.3 is 0 Å². The smallest absolute Gasteiger partial charge is 0.274 e. The van der Waals surface area contributed by atoms with Gasteiger partial charge in [-0.1, -0.05) is 36.4 Å². The van der Waals surface area contributed by atoms with Gasteiger partial charge in [-0.05, 0) is 0 Å². The van der Waals surface area contributed by atoms with Gasteiger partial charge in [0, 0.05) is 24.3 Å². The van der Waals surface area contributed by atoms with Crippen molar-refractivity contribution in [3.63, 3.8) is 0 Å². The monoisotopic (exact) mass is 281 g/mol. The van der Waals surface area contributed by atoms with Crippen molar-refractivity contribution in [3.8, 4) is 0 Å². The highest BCUT2D eigenvalue weighted by Gasteiger charge is 2.53. The quantitative estimate of drug-likeness (QED) is 0.679. The number of barbiturate groups is 1. The SMILES string of the molecule is O=C1CC(=O)[N+](c2ccccc2)(c2ccccc2)C(=O)N1. The van der Waals surface area contributed by atoms with Crippen molar-refractivity contribution in [2.75, 3.05) is 0 Å². The standard InChI is InChI=1S/C16H12N2O3/c19-14-11-15(20)18(16(21)17-14,12-7-3-1-4-8-12)13-9-5-2-6-10-13/h1-10H,11H2/p+1. The van der Waals surface area contributed by atoms with E-state index in [9.17, 15) is 14.4 Å². The number of hydrogen-bond acceptors (Lipinski definition) is 3. The lowest BCUT2D eigenvalue weighted by Gasteiger charge is -2.34. The zero-order valence-electron chi connectivity index (χ0n) is 11.2. The lowest BCUT2D eigenvalue weighted by Crippen LogP contribution is -2.64. The minimum atomic E-state index is -0.645.